The number of aromatic nitrogens is 1. The number of nitrogens with one attached hydrogen (secondary N) is 1. The van der Waals surface area contributed by atoms with Gasteiger partial charge in [0.1, 0.15) is 0 Å². The van der Waals surface area contributed by atoms with E-state index in [-0.39, 0.29) is 6.04 Å². The molecule has 0 aliphatic carbocycles. The molecule has 2 heterocycles. The van der Waals surface area contributed by atoms with Gasteiger partial charge in [-0.25, -0.2) is 4.98 Å². The van der Waals surface area contributed by atoms with Crippen molar-refractivity contribution in [1.29, 1.82) is 0 Å². The van der Waals surface area contributed by atoms with E-state index < -0.39 is 11.2 Å². The zero-order valence-corrected chi connectivity index (χ0v) is 13.0. The number of alkyl halides is 3. The summed E-state index contributed by atoms with van der Waals surface area (Å²) in [4.78, 5) is 5.00. The number of hydrogen-bond donors (Lipinski definition) is 1. The van der Waals surface area contributed by atoms with Crippen LogP contribution in [0.4, 0.5) is 13.2 Å². The van der Waals surface area contributed by atoms with E-state index in [0.29, 0.717) is 22.8 Å². The fraction of sp³-hybridized carbons (Fsp3) is 0.364. The molecular formula is C11H10BrF3N2S2. The summed E-state index contributed by atoms with van der Waals surface area (Å²) in [5.41, 5.74) is 0. The maximum absolute atomic E-state index is 12.6. The van der Waals surface area contributed by atoms with Gasteiger partial charge in [-0.2, -0.15) is 13.2 Å². The molecule has 0 radical (unpaired) electrons. The lowest BCUT2D eigenvalue weighted by atomic mass is 10.2. The number of hydrogen-bond acceptors (Lipinski definition) is 4. The summed E-state index contributed by atoms with van der Waals surface area (Å²) in [5, 5.41) is 4.28. The van der Waals surface area contributed by atoms with Gasteiger partial charge in [0.05, 0.1) is 6.04 Å². The predicted octanol–water partition coefficient (Wildman–Crippen LogP) is 4.68. The molecule has 8 heteroatoms. The fourth-order valence-electron chi connectivity index (χ4n) is 1.59. The lowest BCUT2D eigenvalue weighted by Gasteiger charge is -2.15. The van der Waals surface area contributed by atoms with Gasteiger partial charge in [0, 0.05) is 20.4 Å². The standard InChI is InChI=1S/C11H10BrF3N2S2/c1-2-16-8(9-6(12)3-4-18-9)7-5-17-10(19-7)11(13,14)15/h3-5,8,16H,2H2,1H3. The maximum Gasteiger partial charge on any atom is 0.443 e. The van der Waals surface area contributed by atoms with E-state index in [1.54, 1.807) is 0 Å². The van der Waals surface area contributed by atoms with Crippen molar-refractivity contribution in [3.63, 3.8) is 0 Å². The van der Waals surface area contributed by atoms with Crippen LogP contribution in [0.3, 0.4) is 0 Å². The molecule has 2 rings (SSSR count). The van der Waals surface area contributed by atoms with Crippen molar-refractivity contribution in [3.05, 3.63) is 36.9 Å². The zero-order valence-electron chi connectivity index (χ0n) is 9.79. The van der Waals surface area contributed by atoms with E-state index in [0.717, 1.165) is 9.35 Å². The molecule has 0 aliphatic rings. The quantitative estimate of drug-likeness (QED) is 0.844. The highest BCUT2D eigenvalue weighted by molar-refractivity contribution is 9.10. The molecule has 2 aromatic rings. The number of rotatable bonds is 4. The van der Waals surface area contributed by atoms with Gasteiger partial charge < -0.3 is 5.32 Å². The minimum Gasteiger partial charge on any atom is -0.305 e. The van der Waals surface area contributed by atoms with Gasteiger partial charge in [-0.05, 0) is 33.9 Å². The van der Waals surface area contributed by atoms with E-state index >= 15 is 0 Å². The van der Waals surface area contributed by atoms with Crippen molar-refractivity contribution < 1.29 is 13.2 Å². The molecule has 19 heavy (non-hydrogen) atoms. The second-order valence-corrected chi connectivity index (χ2v) is 6.55. The van der Waals surface area contributed by atoms with E-state index in [1.807, 2.05) is 18.4 Å². The molecule has 0 fully saturated rings. The molecule has 1 atom stereocenters. The first-order chi connectivity index (χ1) is 8.93. The first-order valence-electron chi connectivity index (χ1n) is 5.42. The molecule has 0 saturated carbocycles. The molecule has 0 aliphatic heterocycles. The van der Waals surface area contributed by atoms with Crippen LogP contribution < -0.4 is 5.32 Å². The van der Waals surface area contributed by atoms with Crippen LogP contribution in [0.15, 0.2) is 22.1 Å². The van der Waals surface area contributed by atoms with Crippen LogP contribution >= 0.6 is 38.6 Å². The lowest BCUT2D eigenvalue weighted by molar-refractivity contribution is -0.137. The van der Waals surface area contributed by atoms with E-state index in [2.05, 4.69) is 26.2 Å². The third kappa shape index (κ3) is 3.36. The van der Waals surface area contributed by atoms with Gasteiger partial charge >= 0.3 is 6.18 Å². The van der Waals surface area contributed by atoms with Gasteiger partial charge in [0.2, 0.25) is 0 Å². The summed E-state index contributed by atoms with van der Waals surface area (Å²) < 4.78 is 38.7. The summed E-state index contributed by atoms with van der Waals surface area (Å²) in [5.74, 6) is 0. The molecule has 0 spiro atoms. The SMILES string of the molecule is CCNC(c1cnc(C(F)(F)F)s1)c1sccc1Br. The maximum atomic E-state index is 12.6. The number of halogens is 4. The van der Waals surface area contributed by atoms with Crippen LogP contribution in [-0.2, 0) is 6.18 Å². The smallest absolute Gasteiger partial charge is 0.305 e. The fourth-order valence-corrected chi connectivity index (χ4v) is 4.23. The van der Waals surface area contributed by atoms with Crippen molar-refractivity contribution in [2.75, 3.05) is 6.54 Å². The van der Waals surface area contributed by atoms with E-state index in [4.69, 9.17) is 0 Å². The Morgan fingerprint density at radius 2 is 2.21 bits per heavy atom. The Hall–Kier alpha value is -0.440. The predicted molar refractivity (Wildman–Crippen MR) is 74.7 cm³/mol. The Morgan fingerprint density at radius 1 is 1.47 bits per heavy atom. The highest BCUT2D eigenvalue weighted by Crippen LogP contribution is 2.39. The van der Waals surface area contributed by atoms with Crippen LogP contribution in [0.1, 0.15) is 27.7 Å². The molecule has 2 aromatic heterocycles. The van der Waals surface area contributed by atoms with Gasteiger partial charge in [-0.1, -0.05) is 6.92 Å². The van der Waals surface area contributed by atoms with Crippen LogP contribution in [0.25, 0.3) is 0 Å². The van der Waals surface area contributed by atoms with Crippen LogP contribution in [0.2, 0.25) is 0 Å². The lowest BCUT2D eigenvalue weighted by Crippen LogP contribution is -2.20. The van der Waals surface area contributed by atoms with Crippen LogP contribution in [0, 0.1) is 0 Å². The van der Waals surface area contributed by atoms with Crippen molar-refractivity contribution in [2.45, 2.75) is 19.1 Å². The molecule has 0 aromatic carbocycles. The minimum absolute atomic E-state index is 0.257. The number of thiazole rings is 1. The normalized spacial score (nSPS) is 13.7. The Morgan fingerprint density at radius 3 is 2.68 bits per heavy atom. The summed E-state index contributed by atoms with van der Waals surface area (Å²) in [6, 6.07) is 1.63. The molecule has 0 saturated heterocycles. The van der Waals surface area contributed by atoms with Crippen molar-refractivity contribution >= 4 is 38.6 Å². The largest absolute Gasteiger partial charge is 0.443 e. The Kier molecular flexibility index (Phi) is 4.65. The molecule has 1 N–H and O–H groups in total. The van der Waals surface area contributed by atoms with Gasteiger partial charge in [-0.15, -0.1) is 22.7 Å². The van der Waals surface area contributed by atoms with Crippen molar-refractivity contribution in [1.82, 2.24) is 10.3 Å². The molecule has 2 nitrogen and oxygen atoms in total. The summed E-state index contributed by atoms with van der Waals surface area (Å²) in [6.07, 6.45) is -3.08. The monoisotopic (exact) mass is 370 g/mol. The van der Waals surface area contributed by atoms with E-state index in [9.17, 15) is 13.2 Å². The number of nitrogens with zero attached hydrogens (tertiary/aromatic N) is 1. The Balaban J connectivity index is 2.35. The summed E-state index contributed by atoms with van der Waals surface area (Å²) in [6.45, 7) is 2.58. The Bertz CT molecular complexity index is 550. The average Bonchev–Trinajstić information content (AvgIpc) is 2.94. The topological polar surface area (TPSA) is 24.9 Å². The highest BCUT2D eigenvalue weighted by atomic mass is 79.9. The average molecular weight is 371 g/mol. The van der Waals surface area contributed by atoms with Crippen LogP contribution in [-0.4, -0.2) is 11.5 Å². The van der Waals surface area contributed by atoms with Gasteiger partial charge in [-0.3, -0.25) is 0 Å². The summed E-state index contributed by atoms with van der Waals surface area (Å²) >= 11 is 5.59. The second kappa shape index (κ2) is 5.90. The van der Waals surface area contributed by atoms with Crippen molar-refractivity contribution in [3.8, 4) is 0 Å². The van der Waals surface area contributed by atoms with Crippen molar-refractivity contribution in [2.24, 2.45) is 0 Å². The number of thiophene rings is 1. The molecule has 0 bridgehead atoms. The van der Waals surface area contributed by atoms with Crippen LogP contribution in [0.5, 0.6) is 0 Å². The third-order valence-electron chi connectivity index (χ3n) is 2.37. The molecule has 104 valence electrons. The van der Waals surface area contributed by atoms with Gasteiger partial charge in [0.15, 0.2) is 5.01 Å². The second-order valence-electron chi connectivity index (χ2n) is 3.69. The molecular weight excluding hydrogens is 361 g/mol. The highest BCUT2D eigenvalue weighted by Gasteiger charge is 2.35. The molecule has 0 amide bonds. The zero-order chi connectivity index (χ0) is 14.0. The third-order valence-corrected chi connectivity index (χ3v) is 5.41. The minimum atomic E-state index is -4.38. The first-order valence-corrected chi connectivity index (χ1v) is 7.91. The van der Waals surface area contributed by atoms with E-state index in [1.165, 1.54) is 17.5 Å². The first kappa shape index (κ1) is 15.0. The Labute approximate surface area is 124 Å². The molecule has 1 unspecified atom stereocenters. The van der Waals surface area contributed by atoms with Gasteiger partial charge in [0.25, 0.3) is 0 Å². The summed E-state index contributed by atoms with van der Waals surface area (Å²) in [7, 11) is 0.